The molecule has 2 aromatic carbocycles. The molecule has 0 amide bonds. The number of hydrogen-bond acceptors (Lipinski definition) is 6. The number of hydrogen-bond donors (Lipinski definition) is 0. The molecule has 0 bridgehead atoms. The molecule has 0 saturated carbocycles. The number of benzene rings is 2. The summed E-state index contributed by atoms with van der Waals surface area (Å²) in [6.45, 7) is 6.70. The standard InChI is InChI=1S/C21H24O6/c1-12(2)15-10-11-16(24-5)20(21(15)25-6)19-17(26-13(3)22)8-7-9-18(19)27-14(4)23/h7-12H,1-6H3. The molecular formula is C21H24O6. The highest BCUT2D eigenvalue weighted by Gasteiger charge is 2.26. The second-order valence-electron chi connectivity index (χ2n) is 6.24. The van der Waals surface area contributed by atoms with Gasteiger partial charge < -0.3 is 18.9 Å². The Kier molecular flexibility index (Phi) is 6.45. The van der Waals surface area contributed by atoms with Crippen molar-refractivity contribution in [2.24, 2.45) is 0 Å². The minimum absolute atomic E-state index is 0.169. The van der Waals surface area contributed by atoms with E-state index in [-0.39, 0.29) is 17.4 Å². The highest BCUT2D eigenvalue weighted by molar-refractivity contribution is 5.89. The first-order chi connectivity index (χ1) is 12.8. The Labute approximate surface area is 159 Å². The fourth-order valence-corrected chi connectivity index (χ4v) is 2.90. The summed E-state index contributed by atoms with van der Waals surface area (Å²) in [7, 11) is 3.09. The molecule has 0 radical (unpaired) electrons. The van der Waals surface area contributed by atoms with E-state index in [1.165, 1.54) is 21.0 Å². The zero-order valence-electron chi connectivity index (χ0n) is 16.4. The highest BCUT2D eigenvalue weighted by Crippen LogP contribution is 2.50. The average molecular weight is 372 g/mol. The summed E-state index contributed by atoms with van der Waals surface area (Å²) in [6.07, 6.45) is 0. The second kappa shape index (κ2) is 8.58. The van der Waals surface area contributed by atoms with Crippen LogP contribution in [0.25, 0.3) is 11.1 Å². The molecule has 2 rings (SSSR count). The van der Waals surface area contributed by atoms with E-state index in [1.54, 1.807) is 25.3 Å². The van der Waals surface area contributed by atoms with Crippen LogP contribution in [0.2, 0.25) is 0 Å². The topological polar surface area (TPSA) is 71.1 Å². The van der Waals surface area contributed by atoms with Gasteiger partial charge >= 0.3 is 11.9 Å². The summed E-state index contributed by atoms with van der Waals surface area (Å²) >= 11 is 0. The van der Waals surface area contributed by atoms with Gasteiger partial charge in [0.2, 0.25) is 0 Å². The zero-order valence-corrected chi connectivity index (χ0v) is 16.4. The third kappa shape index (κ3) is 4.39. The predicted molar refractivity (Wildman–Crippen MR) is 102 cm³/mol. The Bertz CT molecular complexity index is 820. The van der Waals surface area contributed by atoms with Crippen LogP contribution in [0.1, 0.15) is 39.2 Å². The third-order valence-electron chi connectivity index (χ3n) is 3.94. The molecule has 27 heavy (non-hydrogen) atoms. The number of carbonyl (C=O) groups excluding carboxylic acids is 2. The van der Waals surface area contributed by atoms with Crippen LogP contribution in [-0.2, 0) is 9.59 Å². The van der Waals surface area contributed by atoms with Crippen molar-refractivity contribution in [3.8, 4) is 34.1 Å². The van der Waals surface area contributed by atoms with Crippen molar-refractivity contribution >= 4 is 11.9 Å². The molecule has 0 saturated heterocycles. The van der Waals surface area contributed by atoms with Gasteiger partial charge in [-0.05, 0) is 29.7 Å². The Morgan fingerprint density at radius 1 is 0.778 bits per heavy atom. The molecule has 0 aliphatic heterocycles. The van der Waals surface area contributed by atoms with Crippen molar-refractivity contribution in [3.05, 3.63) is 35.9 Å². The Hall–Kier alpha value is -3.02. The van der Waals surface area contributed by atoms with E-state index in [0.29, 0.717) is 22.6 Å². The molecule has 144 valence electrons. The third-order valence-corrected chi connectivity index (χ3v) is 3.94. The summed E-state index contributed by atoms with van der Waals surface area (Å²) in [6, 6.07) is 8.64. The van der Waals surface area contributed by atoms with Gasteiger partial charge in [-0.3, -0.25) is 9.59 Å². The summed E-state index contributed by atoms with van der Waals surface area (Å²) in [5, 5.41) is 0. The van der Waals surface area contributed by atoms with Crippen molar-refractivity contribution in [3.63, 3.8) is 0 Å². The van der Waals surface area contributed by atoms with Crippen LogP contribution in [0.15, 0.2) is 30.3 Å². The van der Waals surface area contributed by atoms with Crippen LogP contribution < -0.4 is 18.9 Å². The summed E-state index contributed by atoms with van der Waals surface area (Å²) in [5.74, 6) is 0.755. The predicted octanol–water partition coefficient (Wildman–Crippen LogP) is 4.34. The largest absolute Gasteiger partial charge is 0.496 e. The van der Waals surface area contributed by atoms with E-state index in [0.717, 1.165) is 5.56 Å². The molecule has 2 aromatic rings. The lowest BCUT2D eigenvalue weighted by molar-refractivity contribution is -0.132. The molecule has 6 nitrogen and oxygen atoms in total. The van der Waals surface area contributed by atoms with Crippen molar-refractivity contribution < 1.29 is 28.5 Å². The lowest BCUT2D eigenvalue weighted by Crippen LogP contribution is -2.08. The number of carbonyl (C=O) groups is 2. The van der Waals surface area contributed by atoms with Crippen LogP contribution >= 0.6 is 0 Å². The van der Waals surface area contributed by atoms with Crippen LogP contribution in [0, 0.1) is 0 Å². The van der Waals surface area contributed by atoms with Gasteiger partial charge in [0.05, 0.1) is 25.3 Å². The minimum Gasteiger partial charge on any atom is -0.496 e. The van der Waals surface area contributed by atoms with E-state index in [9.17, 15) is 9.59 Å². The van der Waals surface area contributed by atoms with Crippen molar-refractivity contribution in [1.82, 2.24) is 0 Å². The van der Waals surface area contributed by atoms with Gasteiger partial charge in [-0.25, -0.2) is 0 Å². The monoisotopic (exact) mass is 372 g/mol. The van der Waals surface area contributed by atoms with Crippen molar-refractivity contribution in [2.75, 3.05) is 14.2 Å². The molecule has 0 aliphatic carbocycles. The number of methoxy groups -OCH3 is 2. The number of esters is 2. The van der Waals surface area contributed by atoms with Gasteiger partial charge in [-0.2, -0.15) is 0 Å². The van der Waals surface area contributed by atoms with Gasteiger partial charge in [0.25, 0.3) is 0 Å². The molecular weight excluding hydrogens is 348 g/mol. The molecule has 0 aliphatic rings. The Morgan fingerprint density at radius 2 is 1.33 bits per heavy atom. The number of rotatable bonds is 6. The maximum atomic E-state index is 11.6. The van der Waals surface area contributed by atoms with Crippen molar-refractivity contribution in [1.29, 1.82) is 0 Å². The average Bonchev–Trinajstić information content (AvgIpc) is 2.59. The maximum Gasteiger partial charge on any atom is 0.308 e. The van der Waals surface area contributed by atoms with E-state index in [2.05, 4.69) is 0 Å². The summed E-state index contributed by atoms with van der Waals surface area (Å²) in [4.78, 5) is 23.2. The maximum absolute atomic E-state index is 11.6. The normalized spacial score (nSPS) is 10.5. The second-order valence-corrected chi connectivity index (χ2v) is 6.24. The molecule has 0 aromatic heterocycles. The van der Waals surface area contributed by atoms with Gasteiger partial charge in [-0.15, -0.1) is 0 Å². The quantitative estimate of drug-likeness (QED) is 0.555. The van der Waals surface area contributed by atoms with Gasteiger partial charge in [-0.1, -0.05) is 26.0 Å². The van der Waals surface area contributed by atoms with E-state index in [4.69, 9.17) is 18.9 Å². The van der Waals surface area contributed by atoms with Crippen molar-refractivity contribution in [2.45, 2.75) is 33.6 Å². The molecule has 0 fully saturated rings. The Morgan fingerprint density at radius 3 is 1.74 bits per heavy atom. The van der Waals surface area contributed by atoms with Crippen LogP contribution in [-0.4, -0.2) is 26.2 Å². The van der Waals surface area contributed by atoms with Gasteiger partial charge in [0.15, 0.2) is 0 Å². The first-order valence-corrected chi connectivity index (χ1v) is 8.55. The molecule has 0 heterocycles. The summed E-state index contributed by atoms with van der Waals surface area (Å²) < 4.78 is 22.0. The SMILES string of the molecule is COc1ccc(C(C)C)c(OC)c1-c1c(OC(C)=O)cccc1OC(C)=O. The lowest BCUT2D eigenvalue weighted by Gasteiger charge is -2.21. The van der Waals surface area contributed by atoms with Gasteiger partial charge in [0, 0.05) is 13.8 Å². The highest BCUT2D eigenvalue weighted by atomic mass is 16.5. The minimum atomic E-state index is -0.492. The van der Waals surface area contributed by atoms with Crippen LogP contribution in [0.3, 0.4) is 0 Å². The fourth-order valence-electron chi connectivity index (χ4n) is 2.90. The molecule has 0 spiro atoms. The molecule has 0 atom stereocenters. The van der Waals surface area contributed by atoms with E-state index >= 15 is 0 Å². The summed E-state index contributed by atoms with van der Waals surface area (Å²) in [5.41, 5.74) is 1.91. The zero-order chi connectivity index (χ0) is 20.1. The smallest absolute Gasteiger partial charge is 0.308 e. The Balaban J connectivity index is 2.91. The molecule has 6 heteroatoms. The van der Waals surface area contributed by atoms with Crippen LogP contribution in [0.5, 0.6) is 23.0 Å². The first kappa shape index (κ1) is 20.3. The fraction of sp³-hybridized carbons (Fsp3) is 0.333. The van der Waals surface area contributed by atoms with E-state index < -0.39 is 11.9 Å². The molecule has 0 N–H and O–H groups in total. The van der Waals surface area contributed by atoms with E-state index in [1.807, 2.05) is 26.0 Å². The van der Waals surface area contributed by atoms with Crippen LogP contribution in [0.4, 0.5) is 0 Å². The first-order valence-electron chi connectivity index (χ1n) is 8.55. The lowest BCUT2D eigenvalue weighted by atomic mass is 9.93. The number of ether oxygens (including phenoxy) is 4. The van der Waals surface area contributed by atoms with Gasteiger partial charge in [0.1, 0.15) is 23.0 Å². The molecule has 0 unspecified atom stereocenters.